The zero-order valence-corrected chi connectivity index (χ0v) is 27.8. The van der Waals surface area contributed by atoms with E-state index in [1.54, 1.807) is 7.11 Å². The van der Waals surface area contributed by atoms with Crippen molar-refractivity contribution in [3.8, 4) is 0 Å². The van der Waals surface area contributed by atoms with Crippen molar-refractivity contribution in [2.45, 2.75) is 115 Å². The number of benzene rings is 2. The first-order valence-corrected chi connectivity index (χ1v) is 17.8. The zero-order valence-electron chi connectivity index (χ0n) is 26.8. The minimum absolute atomic E-state index is 0.00840. The molecule has 0 aromatic heterocycles. The number of aldehydes is 1. The van der Waals surface area contributed by atoms with E-state index in [4.69, 9.17) is 23.4 Å². The predicted molar refractivity (Wildman–Crippen MR) is 169 cm³/mol. The van der Waals surface area contributed by atoms with Crippen molar-refractivity contribution in [1.82, 2.24) is 0 Å². The molecule has 4 fully saturated rings. The predicted octanol–water partition coefficient (Wildman–Crippen LogP) is 4.83. The SMILES string of the molecule is CC1(C)O[C@H]2[C@@H](CC=O)[C@H](O[Si](c3ccccc3)(c3ccccc3)C(C)(C)C)C[C@H]2O1.COC1C[C@@H]2[C@H](O1)[C@H](O)C[C@H]2C. The fourth-order valence-corrected chi connectivity index (χ4v) is 12.7. The van der Waals surface area contributed by atoms with E-state index in [0.29, 0.717) is 18.3 Å². The number of hydrogen-bond donors (Lipinski definition) is 1. The van der Waals surface area contributed by atoms with Crippen molar-refractivity contribution in [2.24, 2.45) is 17.8 Å². The van der Waals surface area contributed by atoms with E-state index in [0.717, 1.165) is 25.5 Å². The summed E-state index contributed by atoms with van der Waals surface area (Å²) in [6.07, 6.45) is 3.43. The number of rotatable bonds is 7. The molecule has 236 valence electrons. The van der Waals surface area contributed by atoms with E-state index in [1.165, 1.54) is 10.4 Å². The standard InChI is InChI=1S/C26H34O4Si.C9H16O3/c1-25(2,3)31(19-12-8-6-9-13-19,20-14-10-7-11-15-20)30-22-18-23-24(21(22)16-17-27)29-26(4,5)28-23;1-5-3-7(10)9-6(5)4-8(11-2)12-9/h6-15,17,21-24H,16,18H2,1-5H3;5-10H,3-4H2,1-2H3/t21-,22+,23+,24-;5-,6+,7-,8?,9+/m01/s1. The minimum atomic E-state index is -2.70. The van der Waals surface area contributed by atoms with Gasteiger partial charge >= 0.3 is 0 Å². The second-order valence-corrected chi connectivity index (χ2v) is 18.5. The van der Waals surface area contributed by atoms with Crippen LogP contribution in [0.1, 0.15) is 67.2 Å². The number of fused-ring (bicyclic) bond motifs is 2. The molecular weight excluding hydrogens is 560 g/mol. The fourth-order valence-electron chi connectivity index (χ4n) is 7.94. The van der Waals surface area contributed by atoms with Gasteiger partial charge in [-0.05, 0) is 47.5 Å². The summed E-state index contributed by atoms with van der Waals surface area (Å²) in [6.45, 7) is 12.9. The average Bonchev–Trinajstić information content (AvgIpc) is 3.68. The van der Waals surface area contributed by atoms with Gasteiger partial charge in [0.15, 0.2) is 12.1 Å². The number of carbonyl (C=O) groups is 1. The molecule has 0 amide bonds. The van der Waals surface area contributed by atoms with Gasteiger partial charge in [-0.25, -0.2) is 0 Å². The highest BCUT2D eigenvalue weighted by Gasteiger charge is 2.58. The molecule has 2 aliphatic carbocycles. The number of aliphatic hydroxyl groups is 1. The Balaban J connectivity index is 0.000000255. The molecule has 0 bridgehead atoms. The first-order chi connectivity index (χ1) is 20.4. The first-order valence-electron chi connectivity index (χ1n) is 15.8. The van der Waals surface area contributed by atoms with Crippen LogP contribution < -0.4 is 10.4 Å². The smallest absolute Gasteiger partial charge is 0.261 e. The lowest BCUT2D eigenvalue weighted by molar-refractivity contribution is -0.164. The lowest BCUT2D eigenvalue weighted by Gasteiger charge is -2.45. The van der Waals surface area contributed by atoms with Crippen LogP contribution in [0.15, 0.2) is 60.7 Å². The summed E-state index contributed by atoms with van der Waals surface area (Å²) in [5.74, 6) is 0.458. The lowest BCUT2D eigenvalue weighted by Crippen LogP contribution is -2.68. The Kier molecular flexibility index (Phi) is 9.69. The summed E-state index contributed by atoms with van der Waals surface area (Å²) in [5, 5.41) is 12.0. The third-order valence-electron chi connectivity index (χ3n) is 9.88. The molecule has 2 aromatic rings. The Labute approximate surface area is 258 Å². The topological polar surface area (TPSA) is 83.5 Å². The van der Waals surface area contributed by atoms with Crippen LogP contribution >= 0.6 is 0 Å². The molecule has 0 spiro atoms. The first kappa shape index (κ1) is 32.5. The van der Waals surface area contributed by atoms with Gasteiger partial charge in [0.1, 0.15) is 6.29 Å². The summed E-state index contributed by atoms with van der Waals surface area (Å²) in [5.41, 5.74) is 0. The quantitative estimate of drug-likeness (QED) is 0.355. The Morgan fingerprint density at radius 2 is 1.56 bits per heavy atom. The minimum Gasteiger partial charge on any atom is -0.404 e. The molecule has 8 heteroatoms. The Morgan fingerprint density at radius 3 is 2.07 bits per heavy atom. The van der Waals surface area contributed by atoms with Crippen LogP contribution in [-0.4, -0.2) is 69.4 Å². The largest absolute Gasteiger partial charge is 0.404 e. The molecule has 2 saturated carbocycles. The van der Waals surface area contributed by atoms with Crippen LogP contribution in [-0.2, 0) is 28.2 Å². The van der Waals surface area contributed by atoms with Crippen molar-refractivity contribution < 1.29 is 33.3 Å². The molecule has 2 aromatic carbocycles. The fraction of sp³-hybridized carbons (Fsp3) is 0.629. The third kappa shape index (κ3) is 6.43. The molecule has 43 heavy (non-hydrogen) atoms. The normalized spacial score (nSPS) is 34.7. The number of aliphatic hydroxyl groups excluding tert-OH is 1. The molecule has 4 aliphatic rings. The van der Waals surface area contributed by atoms with Crippen molar-refractivity contribution >= 4 is 25.0 Å². The molecule has 2 saturated heterocycles. The maximum atomic E-state index is 11.6. The van der Waals surface area contributed by atoms with E-state index < -0.39 is 14.1 Å². The van der Waals surface area contributed by atoms with Gasteiger partial charge in [0, 0.05) is 32.3 Å². The average molecular weight is 611 g/mol. The second-order valence-electron chi connectivity index (χ2n) is 14.2. The van der Waals surface area contributed by atoms with Gasteiger partial charge in [0.05, 0.1) is 30.5 Å². The number of ether oxygens (including phenoxy) is 4. The molecule has 2 heterocycles. The highest BCUT2D eigenvalue weighted by atomic mass is 28.4. The van der Waals surface area contributed by atoms with Crippen molar-refractivity contribution in [2.75, 3.05) is 7.11 Å². The van der Waals surface area contributed by atoms with Gasteiger partial charge < -0.3 is 33.3 Å². The summed E-state index contributed by atoms with van der Waals surface area (Å²) in [7, 11) is -1.04. The summed E-state index contributed by atoms with van der Waals surface area (Å²) in [4.78, 5) is 11.6. The number of carbonyl (C=O) groups excluding carboxylic acids is 1. The molecule has 0 radical (unpaired) electrons. The van der Waals surface area contributed by atoms with Gasteiger partial charge in [0.2, 0.25) is 0 Å². The van der Waals surface area contributed by atoms with E-state index in [9.17, 15) is 9.90 Å². The van der Waals surface area contributed by atoms with E-state index in [1.807, 2.05) is 13.8 Å². The Morgan fingerprint density at radius 1 is 0.953 bits per heavy atom. The van der Waals surface area contributed by atoms with Gasteiger partial charge in [0.25, 0.3) is 8.32 Å². The second kappa shape index (κ2) is 12.8. The van der Waals surface area contributed by atoms with Gasteiger partial charge in [-0.2, -0.15) is 0 Å². The summed E-state index contributed by atoms with van der Waals surface area (Å²) in [6, 6.07) is 21.3. The zero-order chi connectivity index (χ0) is 31.0. The van der Waals surface area contributed by atoms with E-state index >= 15 is 0 Å². The Hall–Kier alpha value is -1.91. The molecular formula is C35H50O7Si. The van der Waals surface area contributed by atoms with Crippen LogP contribution in [0.5, 0.6) is 0 Å². The molecule has 1 unspecified atom stereocenters. The van der Waals surface area contributed by atoms with Gasteiger partial charge in [-0.1, -0.05) is 88.4 Å². The number of methoxy groups -OCH3 is 1. The van der Waals surface area contributed by atoms with E-state index in [-0.39, 0.29) is 47.8 Å². The third-order valence-corrected chi connectivity index (χ3v) is 14.9. The van der Waals surface area contributed by atoms with E-state index in [2.05, 4.69) is 88.4 Å². The van der Waals surface area contributed by atoms with Crippen LogP contribution in [0.3, 0.4) is 0 Å². The van der Waals surface area contributed by atoms with Crippen LogP contribution in [0.2, 0.25) is 5.04 Å². The molecule has 6 rings (SSSR count). The van der Waals surface area contributed by atoms with Gasteiger partial charge in [-0.15, -0.1) is 0 Å². The molecule has 9 atom stereocenters. The lowest BCUT2D eigenvalue weighted by atomic mass is 9.95. The monoisotopic (exact) mass is 610 g/mol. The van der Waals surface area contributed by atoms with Crippen LogP contribution in [0, 0.1) is 17.8 Å². The van der Waals surface area contributed by atoms with Gasteiger partial charge in [-0.3, -0.25) is 0 Å². The number of hydrogen-bond acceptors (Lipinski definition) is 7. The molecule has 1 N–H and O–H groups in total. The van der Waals surface area contributed by atoms with Crippen molar-refractivity contribution in [3.63, 3.8) is 0 Å². The summed E-state index contributed by atoms with van der Waals surface area (Å²) >= 11 is 0. The highest BCUT2D eigenvalue weighted by molar-refractivity contribution is 6.99. The molecule has 7 nitrogen and oxygen atoms in total. The van der Waals surface area contributed by atoms with Crippen molar-refractivity contribution in [3.05, 3.63) is 60.7 Å². The maximum absolute atomic E-state index is 11.6. The van der Waals surface area contributed by atoms with Crippen molar-refractivity contribution in [1.29, 1.82) is 0 Å². The maximum Gasteiger partial charge on any atom is 0.261 e. The highest BCUT2D eigenvalue weighted by Crippen LogP contribution is 2.47. The van der Waals surface area contributed by atoms with Crippen LogP contribution in [0.4, 0.5) is 0 Å². The summed E-state index contributed by atoms with van der Waals surface area (Å²) < 4.78 is 30.4. The Bertz CT molecular complexity index is 1140. The van der Waals surface area contributed by atoms with Crippen LogP contribution in [0.25, 0.3) is 0 Å². The molecule has 2 aliphatic heterocycles.